The Morgan fingerprint density at radius 2 is 1.37 bits per heavy atom. The van der Waals surface area contributed by atoms with Crippen molar-refractivity contribution in [1.29, 1.82) is 0 Å². The van der Waals surface area contributed by atoms with Gasteiger partial charge in [0.2, 0.25) is 17.7 Å². The summed E-state index contributed by atoms with van der Waals surface area (Å²) in [6.07, 6.45) is -0.100. The van der Waals surface area contributed by atoms with E-state index in [1.165, 1.54) is 7.11 Å². The second-order valence-corrected chi connectivity index (χ2v) is 6.39. The number of aliphatic carboxylic acids is 2. The Balaban J connectivity index is 4.47. The first-order chi connectivity index (χ1) is 14.2. The van der Waals surface area contributed by atoms with Crippen LogP contribution in [0.1, 0.15) is 39.0 Å². The lowest BCUT2D eigenvalue weighted by molar-refractivity contribution is -0.144. The molecular formula is C18H31N3O9. The minimum Gasteiger partial charge on any atom is -0.480 e. The Morgan fingerprint density at radius 3 is 1.87 bits per heavy atom. The van der Waals surface area contributed by atoms with E-state index in [-0.39, 0.29) is 44.7 Å². The van der Waals surface area contributed by atoms with Crippen molar-refractivity contribution in [2.75, 3.05) is 33.5 Å². The molecule has 0 aromatic rings. The van der Waals surface area contributed by atoms with E-state index >= 15 is 0 Å². The van der Waals surface area contributed by atoms with E-state index < -0.39 is 35.8 Å². The number of amides is 3. The van der Waals surface area contributed by atoms with Crippen LogP contribution < -0.4 is 16.0 Å². The molecule has 5 N–H and O–H groups in total. The van der Waals surface area contributed by atoms with Gasteiger partial charge in [0.25, 0.3) is 0 Å². The van der Waals surface area contributed by atoms with Crippen molar-refractivity contribution in [3.8, 4) is 0 Å². The summed E-state index contributed by atoms with van der Waals surface area (Å²) >= 11 is 0. The molecule has 0 bridgehead atoms. The van der Waals surface area contributed by atoms with E-state index in [0.717, 1.165) is 0 Å². The molecule has 3 amide bonds. The molecule has 0 aliphatic rings. The highest BCUT2D eigenvalue weighted by Gasteiger charge is 2.24. The van der Waals surface area contributed by atoms with Crippen LogP contribution in [0.15, 0.2) is 0 Å². The molecule has 30 heavy (non-hydrogen) atoms. The zero-order valence-electron chi connectivity index (χ0n) is 17.3. The topological polar surface area (TPSA) is 180 Å². The maximum absolute atomic E-state index is 12.0. The second kappa shape index (κ2) is 16.1. The number of hydrogen-bond acceptors (Lipinski definition) is 7. The standard InChI is InChI=1S/C18H31N3O9/c1-3-9-30-11-16(24)21-13(18(27)28)5-7-15(23)20-12(17(25)26)4-6-14(22)19-8-10-29-2/h12-13H,3-11H2,1-2H3,(H,19,22)(H,20,23)(H,21,24)(H,25,26)(H,27,28). The van der Waals surface area contributed by atoms with Crippen molar-refractivity contribution in [3.63, 3.8) is 0 Å². The average molecular weight is 433 g/mol. The van der Waals surface area contributed by atoms with Crippen LogP contribution >= 0.6 is 0 Å². The predicted octanol–water partition coefficient (Wildman–Crippen LogP) is -1.13. The Hall–Kier alpha value is -2.73. The van der Waals surface area contributed by atoms with Gasteiger partial charge in [-0.1, -0.05) is 6.92 Å². The van der Waals surface area contributed by atoms with Crippen LogP contribution in [0.4, 0.5) is 0 Å². The van der Waals surface area contributed by atoms with Crippen molar-refractivity contribution in [2.45, 2.75) is 51.1 Å². The second-order valence-electron chi connectivity index (χ2n) is 6.39. The lowest BCUT2D eigenvalue weighted by Gasteiger charge is -2.17. The van der Waals surface area contributed by atoms with Gasteiger partial charge in [0.1, 0.15) is 18.7 Å². The summed E-state index contributed by atoms with van der Waals surface area (Å²) in [6.45, 7) is 2.52. The molecule has 0 aromatic carbocycles. The summed E-state index contributed by atoms with van der Waals surface area (Å²) in [4.78, 5) is 57.9. The molecule has 172 valence electrons. The Kier molecular flexibility index (Phi) is 14.6. The van der Waals surface area contributed by atoms with Crippen molar-refractivity contribution < 1.29 is 43.7 Å². The Bertz CT molecular complexity index is 583. The molecule has 12 heteroatoms. The third-order valence-corrected chi connectivity index (χ3v) is 3.80. The zero-order valence-corrected chi connectivity index (χ0v) is 17.3. The van der Waals surface area contributed by atoms with Gasteiger partial charge >= 0.3 is 11.9 Å². The Morgan fingerprint density at radius 1 is 0.833 bits per heavy atom. The van der Waals surface area contributed by atoms with Gasteiger partial charge in [-0.2, -0.15) is 0 Å². The molecule has 2 unspecified atom stereocenters. The maximum Gasteiger partial charge on any atom is 0.326 e. The summed E-state index contributed by atoms with van der Waals surface area (Å²) in [5, 5.41) is 25.4. The highest BCUT2D eigenvalue weighted by Crippen LogP contribution is 2.03. The van der Waals surface area contributed by atoms with Crippen LogP contribution in [0.2, 0.25) is 0 Å². The first-order valence-electron chi connectivity index (χ1n) is 9.58. The lowest BCUT2D eigenvalue weighted by Crippen LogP contribution is -2.45. The maximum atomic E-state index is 12.0. The van der Waals surface area contributed by atoms with Gasteiger partial charge in [0, 0.05) is 33.1 Å². The van der Waals surface area contributed by atoms with Gasteiger partial charge < -0.3 is 35.6 Å². The van der Waals surface area contributed by atoms with E-state index in [2.05, 4.69) is 16.0 Å². The fourth-order valence-electron chi connectivity index (χ4n) is 2.26. The molecule has 0 aromatic heterocycles. The lowest BCUT2D eigenvalue weighted by atomic mass is 10.1. The summed E-state index contributed by atoms with van der Waals surface area (Å²) in [5.74, 6) is -4.35. The van der Waals surface area contributed by atoms with Gasteiger partial charge in [-0.25, -0.2) is 9.59 Å². The Labute approximate surface area is 174 Å². The molecular weight excluding hydrogens is 402 g/mol. The van der Waals surface area contributed by atoms with Crippen LogP contribution in [-0.4, -0.2) is 85.4 Å². The highest BCUT2D eigenvalue weighted by atomic mass is 16.5. The van der Waals surface area contributed by atoms with Crippen molar-refractivity contribution in [1.82, 2.24) is 16.0 Å². The van der Waals surface area contributed by atoms with Gasteiger partial charge in [-0.15, -0.1) is 0 Å². The minimum atomic E-state index is -1.32. The molecule has 0 rings (SSSR count). The molecule has 0 aliphatic heterocycles. The third-order valence-electron chi connectivity index (χ3n) is 3.80. The molecule has 0 saturated heterocycles. The monoisotopic (exact) mass is 433 g/mol. The number of carbonyl (C=O) groups excluding carboxylic acids is 3. The summed E-state index contributed by atoms with van der Waals surface area (Å²) < 4.78 is 9.80. The number of hydrogen-bond donors (Lipinski definition) is 5. The molecule has 0 spiro atoms. The first-order valence-corrected chi connectivity index (χ1v) is 9.58. The van der Waals surface area contributed by atoms with E-state index in [0.29, 0.717) is 19.6 Å². The van der Waals surface area contributed by atoms with E-state index in [4.69, 9.17) is 9.47 Å². The first kappa shape index (κ1) is 27.3. The predicted molar refractivity (Wildman–Crippen MR) is 104 cm³/mol. The number of nitrogens with one attached hydrogen (secondary N) is 3. The van der Waals surface area contributed by atoms with Crippen molar-refractivity contribution >= 4 is 29.7 Å². The fraction of sp³-hybridized carbons (Fsp3) is 0.722. The fourth-order valence-corrected chi connectivity index (χ4v) is 2.26. The van der Waals surface area contributed by atoms with E-state index in [1.54, 1.807) is 0 Å². The molecule has 0 aliphatic carbocycles. The number of methoxy groups -OCH3 is 1. The van der Waals surface area contributed by atoms with Crippen molar-refractivity contribution in [2.24, 2.45) is 0 Å². The zero-order chi connectivity index (χ0) is 22.9. The van der Waals surface area contributed by atoms with Crippen LogP contribution in [0.3, 0.4) is 0 Å². The van der Waals surface area contributed by atoms with Gasteiger partial charge in [0.15, 0.2) is 0 Å². The van der Waals surface area contributed by atoms with Crippen LogP contribution in [0, 0.1) is 0 Å². The molecule has 0 radical (unpaired) electrons. The SMILES string of the molecule is CCCOCC(=O)NC(CCC(=O)NC(CCC(=O)NCCOC)C(=O)O)C(=O)O. The highest BCUT2D eigenvalue weighted by molar-refractivity contribution is 5.86. The average Bonchev–Trinajstić information content (AvgIpc) is 2.68. The number of carbonyl (C=O) groups is 5. The number of rotatable bonds is 17. The minimum absolute atomic E-state index is 0.119. The number of carboxylic acids is 2. The molecule has 12 nitrogen and oxygen atoms in total. The van der Waals surface area contributed by atoms with E-state index in [9.17, 15) is 34.2 Å². The molecule has 0 heterocycles. The van der Waals surface area contributed by atoms with Gasteiger partial charge in [-0.05, 0) is 19.3 Å². The summed E-state index contributed by atoms with van der Waals surface area (Å²) in [5.41, 5.74) is 0. The van der Waals surface area contributed by atoms with Crippen LogP contribution in [0.5, 0.6) is 0 Å². The quantitative estimate of drug-likeness (QED) is 0.177. The molecule has 0 saturated carbocycles. The van der Waals surface area contributed by atoms with Crippen molar-refractivity contribution in [3.05, 3.63) is 0 Å². The number of ether oxygens (including phenoxy) is 2. The van der Waals surface area contributed by atoms with Crippen LogP contribution in [0.25, 0.3) is 0 Å². The summed E-state index contributed by atoms with van der Waals surface area (Å²) in [7, 11) is 1.47. The van der Waals surface area contributed by atoms with Gasteiger partial charge in [0.05, 0.1) is 6.61 Å². The third kappa shape index (κ3) is 13.4. The largest absolute Gasteiger partial charge is 0.480 e. The molecule has 2 atom stereocenters. The molecule has 0 fully saturated rings. The smallest absolute Gasteiger partial charge is 0.326 e. The van der Waals surface area contributed by atoms with Gasteiger partial charge in [-0.3, -0.25) is 14.4 Å². The normalized spacial score (nSPS) is 12.5. The summed E-state index contributed by atoms with van der Waals surface area (Å²) in [6, 6.07) is -2.62. The van der Waals surface area contributed by atoms with Crippen LogP contribution in [-0.2, 0) is 33.4 Å². The number of carboxylic acid groups (broad SMARTS) is 2. The van der Waals surface area contributed by atoms with E-state index in [1.807, 2.05) is 6.92 Å².